The van der Waals surface area contributed by atoms with Gasteiger partial charge < -0.3 is 4.40 Å². The van der Waals surface area contributed by atoms with E-state index < -0.39 is 5.56 Å². The lowest BCUT2D eigenvalue weighted by molar-refractivity contribution is 0.615. The zero-order chi connectivity index (χ0) is 16.7. The average molecular weight is 348 g/mol. The molecule has 0 unspecified atom stereocenters. The molecular weight excluding hydrogens is 337 g/mol. The van der Waals surface area contributed by atoms with Crippen molar-refractivity contribution in [2.24, 2.45) is 0 Å². The smallest absolute Gasteiger partial charge is 0.285 e. The van der Waals surface area contributed by atoms with E-state index in [0.29, 0.717) is 32.6 Å². The van der Waals surface area contributed by atoms with Crippen molar-refractivity contribution in [2.45, 2.75) is 20.4 Å². The van der Waals surface area contributed by atoms with Crippen LogP contribution in [0, 0.1) is 25.2 Å². The van der Waals surface area contributed by atoms with Gasteiger partial charge in [0.25, 0.3) is 5.56 Å². The Bertz CT molecular complexity index is 1030. The Morgan fingerprint density at radius 1 is 1.30 bits per heavy atom. The van der Waals surface area contributed by atoms with E-state index in [1.165, 1.54) is 4.68 Å². The van der Waals surface area contributed by atoms with Gasteiger partial charge in [-0.15, -0.1) is 0 Å². The minimum atomic E-state index is -0.434. The van der Waals surface area contributed by atoms with Gasteiger partial charge in [-0.05, 0) is 25.5 Å². The number of imidazole rings is 1. The lowest BCUT2D eigenvalue weighted by atomic mass is 10.1. The van der Waals surface area contributed by atoms with Crippen LogP contribution in [0.5, 0.6) is 0 Å². The first-order chi connectivity index (χ1) is 10.9. The summed E-state index contributed by atoms with van der Waals surface area (Å²) >= 11 is 12.1. The third-order valence-corrected chi connectivity index (χ3v) is 4.07. The second-order valence-corrected chi connectivity index (χ2v) is 5.97. The molecule has 0 radical (unpaired) electrons. The van der Waals surface area contributed by atoms with Gasteiger partial charge >= 0.3 is 0 Å². The number of pyridine rings is 1. The van der Waals surface area contributed by atoms with Crippen LogP contribution in [0.25, 0.3) is 5.65 Å². The summed E-state index contributed by atoms with van der Waals surface area (Å²) in [5, 5.41) is 14.3. The Morgan fingerprint density at radius 3 is 2.74 bits per heavy atom. The monoisotopic (exact) mass is 347 g/mol. The van der Waals surface area contributed by atoms with Gasteiger partial charge in [0.2, 0.25) is 0 Å². The molecule has 0 amide bonds. The molecule has 116 valence electrons. The molecule has 8 heteroatoms. The number of aryl methyl sites for hydroxylation is 1. The van der Waals surface area contributed by atoms with Crippen LogP contribution in [0.1, 0.15) is 22.5 Å². The molecule has 0 aliphatic carbocycles. The molecule has 3 rings (SSSR count). The summed E-state index contributed by atoms with van der Waals surface area (Å²) in [4.78, 5) is 16.7. The van der Waals surface area contributed by atoms with Crippen LogP contribution in [-0.2, 0) is 6.54 Å². The summed E-state index contributed by atoms with van der Waals surface area (Å²) in [6, 6.07) is 3.54. The molecule has 6 nitrogen and oxygen atoms in total. The Hall–Kier alpha value is -2.36. The molecule has 0 atom stereocenters. The number of halogens is 2. The van der Waals surface area contributed by atoms with Gasteiger partial charge in [-0.2, -0.15) is 10.4 Å². The van der Waals surface area contributed by atoms with Crippen molar-refractivity contribution in [1.82, 2.24) is 19.2 Å². The van der Waals surface area contributed by atoms with Crippen LogP contribution >= 0.6 is 23.2 Å². The molecule has 3 heterocycles. The minimum Gasteiger partial charge on any atom is -0.304 e. The highest BCUT2D eigenvalue weighted by molar-refractivity contribution is 6.36. The fourth-order valence-corrected chi connectivity index (χ4v) is 2.84. The molecular formula is C15H11Cl2N5O. The Kier molecular flexibility index (Phi) is 3.84. The van der Waals surface area contributed by atoms with E-state index in [0.717, 1.165) is 0 Å². The number of aromatic nitrogens is 4. The third kappa shape index (κ3) is 2.69. The highest BCUT2D eigenvalue weighted by atomic mass is 35.5. The van der Waals surface area contributed by atoms with E-state index in [1.807, 2.05) is 6.07 Å². The van der Waals surface area contributed by atoms with Gasteiger partial charge in [-0.1, -0.05) is 23.2 Å². The predicted molar refractivity (Wildman–Crippen MR) is 87.0 cm³/mol. The summed E-state index contributed by atoms with van der Waals surface area (Å²) in [6.07, 6.45) is 3.40. The molecule has 0 saturated heterocycles. The van der Waals surface area contributed by atoms with Crippen molar-refractivity contribution in [3.05, 3.63) is 61.4 Å². The summed E-state index contributed by atoms with van der Waals surface area (Å²) in [7, 11) is 0. The first-order valence-electron chi connectivity index (χ1n) is 6.71. The van der Waals surface area contributed by atoms with Crippen LogP contribution in [0.2, 0.25) is 10.0 Å². The normalized spacial score (nSPS) is 10.9. The lowest BCUT2D eigenvalue weighted by Crippen LogP contribution is -2.28. The highest BCUT2D eigenvalue weighted by Gasteiger charge is 2.13. The van der Waals surface area contributed by atoms with Crippen LogP contribution in [-0.4, -0.2) is 19.2 Å². The summed E-state index contributed by atoms with van der Waals surface area (Å²) in [5.41, 5.74) is 2.03. The van der Waals surface area contributed by atoms with E-state index >= 15 is 0 Å². The Balaban J connectivity index is 2.10. The second kappa shape index (κ2) is 5.69. The predicted octanol–water partition coefficient (Wildman–Crippen LogP) is 2.73. The van der Waals surface area contributed by atoms with E-state index in [9.17, 15) is 4.79 Å². The highest BCUT2D eigenvalue weighted by Crippen LogP contribution is 2.21. The summed E-state index contributed by atoms with van der Waals surface area (Å²) in [6.45, 7) is 3.61. The maximum absolute atomic E-state index is 12.3. The van der Waals surface area contributed by atoms with Crippen molar-refractivity contribution < 1.29 is 0 Å². The number of hydrogen-bond donors (Lipinski definition) is 0. The fourth-order valence-electron chi connectivity index (χ4n) is 2.32. The lowest BCUT2D eigenvalue weighted by Gasteiger charge is -2.07. The number of nitriles is 1. The van der Waals surface area contributed by atoms with Crippen molar-refractivity contribution in [2.75, 3.05) is 0 Å². The maximum atomic E-state index is 12.3. The molecule has 0 fully saturated rings. The molecule has 23 heavy (non-hydrogen) atoms. The quantitative estimate of drug-likeness (QED) is 0.714. The Morgan fingerprint density at radius 2 is 2.04 bits per heavy atom. The van der Waals surface area contributed by atoms with Crippen molar-refractivity contribution in [3.63, 3.8) is 0 Å². The fraction of sp³-hybridized carbons (Fsp3) is 0.200. The number of fused-ring (bicyclic) bond motifs is 1. The SMILES string of the molecule is Cc1nn(Cc2cn3cc(Cl)cc(Cl)c3n2)c(=O)c(C#N)c1C. The van der Waals surface area contributed by atoms with Gasteiger partial charge in [0.15, 0.2) is 5.65 Å². The van der Waals surface area contributed by atoms with Gasteiger partial charge in [-0.25, -0.2) is 9.67 Å². The van der Waals surface area contributed by atoms with Gasteiger partial charge in [-0.3, -0.25) is 4.79 Å². The van der Waals surface area contributed by atoms with E-state index in [-0.39, 0.29) is 12.1 Å². The van der Waals surface area contributed by atoms with Crippen molar-refractivity contribution in [1.29, 1.82) is 5.26 Å². The van der Waals surface area contributed by atoms with Crippen molar-refractivity contribution >= 4 is 28.8 Å². The largest absolute Gasteiger partial charge is 0.304 e. The van der Waals surface area contributed by atoms with Crippen LogP contribution in [0.15, 0.2) is 23.3 Å². The zero-order valence-electron chi connectivity index (χ0n) is 12.3. The zero-order valence-corrected chi connectivity index (χ0v) is 13.9. The molecule has 0 aliphatic rings. The topological polar surface area (TPSA) is 76.0 Å². The minimum absolute atomic E-state index is 0.0994. The van der Waals surface area contributed by atoms with Crippen molar-refractivity contribution in [3.8, 4) is 6.07 Å². The van der Waals surface area contributed by atoms with Crippen LogP contribution < -0.4 is 5.56 Å². The number of hydrogen-bond acceptors (Lipinski definition) is 4. The molecule has 3 aromatic rings. The van der Waals surface area contributed by atoms with Gasteiger partial charge in [0.05, 0.1) is 28.0 Å². The first-order valence-corrected chi connectivity index (χ1v) is 7.47. The molecule has 0 aliphatic heterocycles. The van der Waals surface area contributed by atoms with Crippen LogP contribution in [0.3, 0.4) is 0 Å². The Labute approximate surface area is 141 Å². The molecule has 0 N–H and O–H groups in total. The maximum Gasteiger partial charge on any atom is 0.285 e. The second-order valence-electron chi connectivity index (χ2n) is 5.13. The van der Waals surface area contributed by atoms with Gasteiger partial charge in [0, 0.05) is 12.4 Å². The van der Waals surface area contributed by atoms with Gasteiger partial charge in [0.1, 0.15) is 11.6 Å². The van der Waals surface area contributed by atoms with Crippen LogP contribution in [0.4, 0.5) is 0 Å². The number of rotatable bonds is 2. The standard InChI is InChI=1S/C15H11Cl2N5O/c1-8-9(2)20-22(15(23)12(8)4-18)7-11-6-21-5-10(16)3-13(17)14(21)19-11/h3,5-6H,7H2,1-2H3. The summed E-state index contributed by atoms with van der Waals surface area (Å²) in [5.74, 6) is 0. The molecule has 0 bridgehead atoms. The average Bonchev–Trinajstić information content (AvgIpc) is 2.88. The first kappa shape index (κ1) is 15.5. The molecule has 0 aromatic carbocycles. The van der Waals surface area contributed by atoms with E-state index in [2.05, 4.69) is 10.1 Å². The van der Waals surface area contributed by atoms with E-state index in [4.69, 9.17) is 28.5 Å². The molecule has 0 spiro atoms. The number of nitrogens with zero attached hydrogens (tertiary/aromatic N) is 5. The molecule has 3 aromatic heterocycles. The third-order valence-electron chi connectivity index (χ3n) is 3.58. The summed E-state index contributed by atoms with van der Waals surface area (Å²) < 4.78 is 2.93. The molecule has 0 saturated carbocycles. The van der Waals surface area contributed by atoms with E-state index in [1.54, 1.807) is 36.7 Å².